The zero-order valence-corrected chi connectivity index (χ0v) is 7.06. The van der Waals surface area contributed by atoms with E-state index in [1.54, 1.807) is 0 Å². The molecule has 0 aromatic heterocycles. The van der Waals surface area contributed by atoms with E-state index < -0.39 is 15.6 Å². The van der Waals surface area contributed by atoms with Crippen LogP contribution in [0.15, 0.2) is 0 Å². The average Bonchev–Trinajstić information content (AvgIpc) is 2.31. The van der Waals surface area contributed by atoms with Gasteiger partial charge in [0.2, 0.25) is 0 Å². The summed E-state index contributed by atoms with van der Waals surface area (Å²) in [5, 5.41) is -0.306. The molecule has 1 saturated carbocycles. The van der Waals surface area contributed by atoms with Crippen molar-refractivity contribution in [3.8, 4) is 0 Å². The van der Waals surface area contributed by atoms with Crippen molar-refractivity contribution in [2.45, 2.75) is 18.1 Å². The van der Waals surface area contributed by atoms with E-state index in [0.717, 1.165) is 6.26 Å². The normalized spacial score (nSPS) is 21.8. The van der Waals surface area contributed by atoms with Gasteiger partial charge in [-0.25, -0.2) is 9.52 Å². The van der Waals surface area contributed by atoms with Crippen molar-refractivity contribution in [1.82, 2.24) is 4.72 Å². The Balaban J connectivity index is 2.77. The molecule has 6 heteroatoms. The van der Waals surface area contributed by atoms with Gasteiger partial charge in [-0.2, -0.15) is 4.21 Å². The van der Waals surface area contributed by atoms with Crippen LogP contribution in [0.1, 0.15) is 12.8 Å². The summed E-state index contributed by atoms with van der Waals surface area (Å²) in [5.74, 6) is 0. The maximum Gasteiger partial charge on any atom is 0.329 e. The Morgan fingerprint density at radius 1 is 1.73 bits per heavy atom. The molecule has 1 rings (SSSR count). The van der Waals surface area contributed by atoms with E-state index in [1.165, 1.54) is 0 Å². The van der Waals surface area contributed by atoms with Gasteiger partial charge in [-0.05, 0) is 12.8 Å². The first-order chi connectivity index (χ1) is 4.80. The smallest absolute Gasteiger partial charge is 0.329 e. The fourth-order valence-corrected chi connectivity index (χ4v) is 2.85. The monoisotopic (exact) mass is 180 g/mol. The third-order valence-corrected chi connectivity index (χ3v) is 4.40. The van der Waals surface area contributed by atoms with Gasteiger partial charge < -0.3 is 5.73 Å². The van der Waals surface area contributed by atoms with Crippen molar-refractivity contribution in [1.29, 1.82) is 0 Å². The minimum atomic E-state index is -3.93. The number of rotatable bonds is 2. The molecule has 0 aliphatic heterocycles. The molecule has 1 aliphatic carbocycles. The Kier molecular flexibility index (Phi) is 1.50. The second-order valence-corrected chi connectivity index (χ2v) is 6.61. The lowest BCUT2D eigenvalue weighted by Crippen LogP contribution is -2.54. The minimum Gasteiger partial charge on any atom is -0.350 e. The van der Waals surface area contributed by atoms with Gasteiger partial charge in [-0.3, -0.25) is 4.55 Å². The summed E-state index contributed by atoms with van der Waals surface area (Å²) >= 11 is 0. The third kappa shape index (κ3) is 1.90. The molecular weight excluding hydrogens is 168 g/mol. The summed E-state index contributed by atoms with van der Waals surface area (Å²) in [4.78, 5) is 10.3. The first-order valence-corrected chi connectivity index (χ1v) is 5.65. The van der Waals surface area contributed by atoms with E-state index in [1.807, 2.05) is 4.72 Å². The fraction of sp³-hybridized carbons (Fsp3) is 0.800. The molecule has 0 aromatic carbocycles. The summed E-state index contributed by atoms with van der Waals surface area (Å²) in [7, 11) is -3.93. The molecule has 0 heterocycles. The van der Waals surface area contributed by atoms with Gasteiger partial charge >= 0.3 is 6.03 Å². The summed E-state index contributed by atoms with van der Waals surface area (Å²) in [6.45, 7) is 0. The molecule has 0 saturated heterocycles. The summed E-state index contributed by atoms with van der Waals surface area (Å²) in [6, 6.07) is -0.945. The van der Waals surface area contributed by atoms with Crippen molar-refractivity contribution in [3.05, 3.63) is 0 Å². The van der Waals surface area contributed by atoms with Crippen molar-refractivity contribution in [2.75, 3.05) is 6.26 Å². The minimum absolute atomic E-state index is 0.306. The van der Waals surface area contributed by atoms with Gasteiger partial charge in [0.05, 0.1) is 5.25 Å². The van der Waals surface area contributed by atoms with Crippen LogP contribution in [0, 0.1) is 0 Å². The van der Waals surface area contributed by atoms with Crippen LogP contribution >= 0.6 is 0 Å². The molecule has 1 fully saturated rings. The number of nitrogens with two attached hydrogens (primary N) is 1. The van der Waals surface area contributed by atoms with E-state index in [2.05, 4.69) is 0 Å². The van der Waals surface area contributed by atoms with E-state index in [0.29, 0.717) is 12.8 Å². The molecule has 0 bridgehead atoms. The zero-order chi connectivity index (χ0) is 8.72. The van der Waals surface area contributed by atoms with Gasteiger partial charge in [0, 0.05) is 6.26 Å². The van der Waals surface area contributed by atoms with Crippen LogP contribution < -0.4 is 10.5 Å². The highest BCUT2D eigenvalue weighted by atomic mass is 32.3. The summed E-state index contributed by atoms with van der Waals surface area (Å²) < 4.78 is 22.8. The second kappa shape index (κ2) is 1.95. The third-order valence-electron chi connectivity index (χ3n) is 1.66. The maximum absolute atomic E-state index is 11.5. The molecule has 5 nitrogen and oxygen atoms in total. The summed E-state index contributed by atoms with van der Waals surface area (Å²) in [6.07, 6.45) is 2.50. The van der Waals surface area contributed by atoms with Crippen molar-refractivity contribution < 1.29 is 13.6 Å². The van der Waals surface area contributed by atoms with E-state index >= 15 is 0 Å². The Bertz CT molecular complexity index is 252. The lowest BCUT2D eigenvalue weighted by molar-refractivity contribution is 0.252. The molecule has 2 amide bonds. The first kappa shape index (κ1) is 8.48. The van der Waals surface area contributed by atoms with Crippen molar-refractivity contribution in [2.24, 2.45) is 5.73 Å². The number of nitrogens with one attached hydrogen (secondary N) is 1. The molecule has 0 atom stereocenters. The molecular formula is C5H12N2O3S. The predicted molar refractivity (Wildman–Crippen MR) is 42.4 cm³/mol. The fourth-order valence-electron chi connectivity index (χ4n) is 0.951. The molecule has 0 radical (unpaired) electrons. The van der Waals surface area contributed by atoms with Gasteiger partial charge in [0.25, 0.3) is 0 Å². The highest BCUT2D eigenvalue weighted by Crippen LogP contribution is 2.38. The molecule has 66 valence electrons. The van der Waals surface area contributed by atoms with Gasteiger partial charge in [0.15, 0.2) is 0 Å². The van der Waals surface area contributed by atoms with Crippen molar-refractivity contribution in [3.63, 3.8) is 0 Å². The van der Waals surface area contributed by atoms with Crippen LogP contribution in [0.2, 0.25) is 0 Å². The SMILES string of the molecule is CS(=O)(O)(NC(N)=O)C1CC1. The van der Waals surface area contributed by atoms with E-state index in [9.17, 15) is 13.6 Å². The molecule has 11 heavy (non-hydrogen) atoms. The molecule has 0 aromatic rings. The van der Waals surface area contributed by atoms with E-state index in [-0.39, 0.29) is 5.25 Å². The Hall–Kier alpha value is -0.620. The lowest BCUT2D eigenvalue weighted by Gasteiger charge is -2.38. The van der Waals surface area contributed by atoms with Crippen LogP contribution in [0.3, 0.4) is 0 Å². The Labute approximate surface area is 64.7 Å². The zero-order valence-electron chi connectivity index (χ0n) is 6.24. The number of amides is 2. The van der Waals surface area contributed by atoms with Crippen LogP contribution in [0.25, 0.3) is 0 Å². The largest absolute Gasteiger partial charge is 0.350 e. The second-order valence-electron chi connectivity index (χ2n) is 3.02. The molecule has 4 N–H and O–H groups in total. The van der Waals surface area contributed by atoms with Crippen LogP contribution in [0.4, 0.5) is 4.79 Å². The average molecular weight is 180 g/mol. The summed E-state index contributed by atoms with van der Waals surface area (Å²) in [5.41, 5.74) is 4.75. The lowest BCUT2D eigenvalue weighted by atomic mass is 11.0. The van der Waals surface area contributed by atoms with Crippen molar-refractivity contribution >= 4 is 15.6 Å². The molecule has 0 unspecified atom stereocenters. The topological polar surface area (TPSA) is 92.4 Å². The van der Waals surface area contributed by atoms with Crippen LogP contribution in [-0.4, -0.2) is 26.3 Å². The first-order valence-electron chi connectivity index (χ1n) is 3.26. The number of carbonyl (C=O) groups excluding carboxylic acids is 1. The van der Waals surface area contributed by atoms with Crippen LogP contribution in [-0.2, 0) is 9.53 Å². The number of hydrogen-bond donors (Lipinski definition) is 3. The number of hydrogen-bond acceptors (Lipinski definition) is 2. The Morgan fingerprint density at radius 2 is 2.18 bits per heavy atom. The van der Waals surface area contributed by atoms with E-state index in [4.69, 9.17) is 5.73 Å². The Morgan fingerprint density at radius 3 is 2.45 bits per heavy atom. The molecule has 1 aliphatic rings. The van der Waals surface area contributed by atoms with Gasteiger partial charge in [-0.1, -0.05) is 0 Å². The van der Waals surface area contributed by atoms with Gasteiger partial charge in [-0.15, -0.1) is 9.53 Å². The number of primary amides is 1. The number of urea groups is 1. The predicted octanol–water partition coefficient (Wildman–Crippen LogP) is -0.345. The maximum atomic E-state index is 11.5. The highest BCUT2D eigenvalue weighted by Gasteiger charge is 2.41. The molecule has 0 spiro atoms. The van der Waals surface area contributed by atoms with Gasteiger partial charge in [0.1, 0.15) is 0 Å². The number of carbonyl (C=O) groups is 1. The standard InChI is InChI=1S/C5H12N2O3S/c1-11(9,10,4-2-3-4)7-5(6)8/h4H,2-3H2,1H3,(H4,6,7,8,9,10). The highest BCUT2D eigenvalue weighted by molar-refractivity contribution is 8.14. The quantitative estimate of drug-likeness (QED) is 0.542. The van der Waals surface area contributed by atoms with Crippen LogP contribution in [0.5, 0.6) is 0 Å².